The summed E-state index contributed by atoms with van der Waals surface area (Å²) in [5.74, 6) is -1.93. The molecule has 7 nitrogen and oxygen atoms in total. The minimum atomic E-state index is -3.77. The molecular weight excluding hydrogens is 441 g/mol. The topological polar surface area (TPSA) is 95.6 Å². The number of benzene rings is 1. The Morgan fingerprint density at radius 1 is 1.31 bits per heavy atom. The normalized spacial score (nSPS) is 14.1. The third-order valence-corrected chi connectivity index (χ3v) is 6.59. The zero-order valence-corrected chi connectivity index (χ0v) is 17.6. The molecule has 1 aliphatic heterocycles. The number of hydrogen-bond acceptors (Lipinski definition) is 5. The summed E-state index contributed by atoms with van der Waals surface area (Å²) >= 11 is 7.12. The van der Waals surface area contributed by atoms with E-state index in [-0.39, 0.29) is 41.7 Å². The van der Waals surface area contributed by atoms with Crippen molar-refractivity contribution in [3.05, 3.63) is 57.1 Å². The van der Waals surface area contributed by atoms with Crippen molar-refractivity contribution in [3.8, 4) is 0 Å². The maximum atomic E-state index is 14.4. The molecule has 0 spiro atoms. The lowest BCUT2D eigenvalue weighted by Gasteiger charge is -2.18. The molecule has 0 bridgehead atoms. The standard InChI is InChI=1S/C18H17ClFN3O4S2/c1-11(24)21-12-2-4-16(14(20)10-12)23-8-6-15(18(23)25)22-29(26,27)9-7-13-3-5-17(19)28-13/h2-6,10,22H,7-9H2,1H3,(H,21,24). The van der Waals surface area contributed by atoms with Crippen LogP contribution < -0.4 is 14.9 Å². The Kier molecular flexibility index (Phi) is 6.25. The third kappa shape index (κ3) is 5.34. The lowest BCUT2D eigenvalue weighted by molar-refractivity contribution is -0.115. The highest BCUT2D eigenvalue weighted by atomic mass is 35.5. The molecule has 3 rings (SSSR count). The fourth-order valence-electron chi connectivity index (χ4n) is 2.74. The van der Waals surface area contributed by atoms with Gasteiger partial charge in [-0.15, -0.1) is 11.3 Å². The molecule has 2 aromatic rings. The summed E-state index contributed by atoms with van der Waals surface area (Å²) in [7, 11) is -3.77. The molecule has 0 saturated heterocycles. The Morgan fingerprint density at radius 2 is 2.07 bits per heavy atom. The summed E-state index contributed by atoms with van der Waals surface area (Å²) < 4.78 is 41.8. The molecule has 1 aromatic carbocycles. The minimum Gasteiger partial charge on any atom is -0.326 e. The Labute approximate surface area is 176 Å². The molecule has 0 aliphatic carbocycles. The number of aryl methyl sites for hydroxylation is 1. The first-order valence-corrected chi connectivity index (χ1v) is 11.3. The molecule has 0 saturated carbocycles. The molecule has 1 aliphatic rings. The van der Waals surface area contributed by atoms with Crippen LogP contribution in [0.25, 0.3) is 0 Å². The Hall–Kier alpha value is -2.43. The summed E-state index contributed by atoms with van der Waals surface area (Å²) in [6, 6.07) is 7.34. The highest BCUT2D eigenvalue weighted by Gasteiger charge is 2.29. The molecule has 11 heteroatoms. The molecule has 0 unspecified atom stereocenters. The van der Waals surface area contributed by atoms with Crippen LogP contribution in [-0.2, 0) is 26.0 Å². The second-order valence-corrected chi connectivity index (χ2v) is 9.90. The van der Waals surface area contributed by atoms with Crippen molar-refractivity contribution >= 4 is 56.2 Å². The van der Waals surface area contributed by atoms with Crippen LogP contribution in [-0.4, -0.2) is 32.5 Å². The number of sulfonamides is 1. The molecule has 0 radical (unpaired) electrons. The predicted molar refractivity (Wildman–Crippen MR) is 111 cm³/mol. The first kappa shape index (κ1) is 21.3. The van der Waals surface area contributed by atoms with Crippen molar-refractivity contribution in [1.29, 1.82) is 0 Å². The highest BCUT2D eigenvalue weighted by Crippen LogP contribution is 2.27. The van der Waals surface area contributed by atoms with E-state index in [9.17, 15) is 22.4 Å². The second-order valence-electron chi connectivity index (χ2n) is 6.26. The third-order valence-electron chi connectivity index (χ3n) is 4.02. The van der Waals surface area contributed by atoms with E-state index in [0.29, 0.717) is 4.34 Å². The molecule has 154 valence electrons. The van der Waals surface area contributed by atoms with E-state index < -0.39 is 21.7 Å². The summed E-state index contributed by atoms with van der Waals surface area (Å²) in [6.07, 6.45) is 1.65. The lowest BCUT2D eigenvalue weighted by Crippen LogP contribution is -2.34. The largest absolute Gasteiger partial charge is 0.326 e. The van der Waals surface area contributed by atoms with E-state index in [1.54, 1.807) is 12.1 Å². The molecular formula is C18H17ClFN3O4S2. The van der Waals surface area contributed by atoms with E-state index in [2.05, 4.69) is 10.0 Å². The maximum absolute atomic E-state index is 14.4. The SMILES string of the molecule is CC(=O)Nc1ccc(N2CC=C(NS(=O)(=O)CCc3ccc(Cl)s3)C2=O)c(F)c1. The van der Waals surface area contributed by atoms with Gasteiger partial charge in [-0.25, -0.2) is 12.8 Å². The van der Waals surface area contributed by atoms with Crippen LogP contribution in [0.3, 0.4) is 0 Å². The number of hydrogen-bond donors (Lipinski definition) is 2. The first-order chi connectivity index (χ1) is 13.6. The van der Waals surface area contributed by atoms with Gasteiger partial charge in [-0.1, -0.05) is 11.6 Å². The van der Waals surface area contributed by atoms with Gasteiger partial charge >= 0.3 is 0 Å². The molecule has 2 amide bonds. The second kappa shape index (κ2) is 8.52. The van der Waals surface area contributed by atoms with E-state index in [0.717, 1.165) is 15.8 Å². The Morgan fingerprint density at radius 3 is 2.69 bits per heavy atom. The zero-order valence-electron chi connectivity index (χ0n) is 15.2. The number of halogens is 2. The van der Waals surface area contributed by atoms with Gasteiger partial charge in [0, 0.05) is 24.0 Å². The van der Waals surface area contributed by atoms with Gasteiger partial charge in [-0.3, -0.25) is 14.3 Å². The molecule has 29 heavy (non-hydrogen) atoms. The van der Waals surface area contributed by atoms with Crippen LogP contribution in [0.15, 0.2) is 42.1 Å². The number of carbonyl (C=O) groups is 2. The van der Waals surface area contributed by atoms with Crippen molar-refractivity contribution in [3.63, 3.8) is 0 Å². The van der Waals surface area contributed by atoms with Crippen LogP contribution >= 0.6 is 22.9 Å². The van der Waals surface area contributed by atoms with Crippen molar-refractivity contribution in [2.45, 2.75) is 13.3 Å². The number of nitrogens with one attached hydrogen (secondary N) is 2. The zero-order chi connectivity index (χ0) is 21.2. The minimum absolute atomic E-state index is 0.0113. The van der Waals surface area contributed by atoms with Gasteiger partial charge < -0.3 is 10.2 Å². The Bertz CT molecular complexity index is 1100. The molecule has 2 heterocycles. The summed E-state index contributed by atoms with van der Waals surface area (Å²) in [6.45, 7) is 1.32. The van der Waals surface area contributed by atoms with Gasteiger partial charge in [0.25, 0.3) is 5.91 Å². The van der Waals surface area contributed by atoms with Crippen LogP contribution in [0, 0.1) is 5.82 Å². The van der Waals surface area contributed by atoms with Gasteiger partial charge in [-0.2, -0.15) is 0 Å². The van der Waals surface area contributed by atoms with Gasteiger partial charge in [0.1, 0.15) is 11.5 Å². The quantitative estimate of drug-likeness (QED) is 0.668. The summed E-state index contributed by atoms with van der Waals surface area (Å²) in [4.78, 5) is 25.5. The molecule has 1 aromatic heterocycles. The van der Waals surface area contributed by atoms with Crippen LogP contribution in [0.4, 0.5) is 15.8 Å². The average molecular weight is 458 g/mol. The average Bonchev–Trinajstić information content (AvgIpc) is 3.19. The monoisotopic (exact) mass is 457 g/mol. The molecule has 0 atom stereocenters. The first-order valence-electron chi connectivity index (χ1n) is 8.48. The van der Waals surface area contributed by atoms with E-state index >= 15 is 0 Å². The summed E-state index contributed by atoms with van der Waals surface area (Å²) in [5.41, 5.74) is 0.121. The smallest absolute Gasteiger partial charge is 0.275 e. The number of rotatable bonds is 7. The van der Waals surface area contributed by atoms with Gasteiger partial charge in [0.2, 0.25) is 15.9 Å². The van der Waals surface area contributed by atoms with Gasteiger partial charge in [0.05, 0.1) is 15.8 Å². The van der Waals surface area contributed by atoms with E-state index in [1.807, 2.05) is 0 Å². The van der Waals surface area contributed by atoms with Crippen molar-refractivity contribution in [2.24, 2.45) is 0 Å². The van der Waals surface area contributed by atoms with Crippen LogP contribution in [0.5, 0.6) is 0 Å². The van der Waals surface area contributed by atoms with Gasteiger partial charge in [-0.05, 0) is 42.8 Å². The maximum Gasteiger partial charge on any atom is 0.275 e. The number of thiophene rings is 1. The number of anilines is 2. The van der Waals surface area contributed by atoms with Crippen LogP contribution in [0.2, 0.25) is 4.34 Å². The van der Waals surface area contributed by atoms with E-state index in [4.69, 9.17) is 11.6 Å². The number of carbonyl (C=O) groups excluding carboxylic acids is 2. The van der Waals surface area contributed by atoms with Crippen LogP contribution in [0.1, 0.15) is 11.8 Å². The van der Waals surface area contributed by atoms with E-state index in [1.165, 1.54) is 36.5 Å². The van der Waals surface area contributed by atoms with Crippen molar-refractivity contribution in [2.75, 3.05) is 22.5 Å². The lowest BCUT2D eigenvalue weighted by atomic mass is 10.2. The number of nitrogens with zero attached hydrogens (tertiary/aromatic N) is 1. The fourth-order valence-corrected chi connectivity index (χ4v) is 5.05. The predicted octanol–water partition coefficient (Wildman–Crippen LogP) is 2.89. The molecule has 0 fully saturated rings. The number of amides is 2. The van der Waals surface area contributed by atoms with Crippen molar-refractivity contribution in [1.82, 2.24) is 4.72 Å². The van der Waals surface area contributed by atoms with Gasteiger partial charge in [0.15, 0.2) is 0 Å². The van der Waals surface area contributed by atoms with Crippen molar-refractivity contribution < 1.29 is 22.4 Å². The highest BCUT2D eigenvalue weighted by molar-refractivity contribution is 7.89. The Balaban J connectivity index is 1.65. The summed E-state index contributed by atoms with van der Waals surface area (Å²) in [5, 5.41) is 2.45. The fraction of sp³-hybridized carbons (Fsp3) is 0.222. The molecule has 2 N–H and O–H groups in total.